The van der Waals surface area contributed by atoms with Gasteiger partial charge in [0.1, 0.15) is 17.7 Å². The van der Waals surface area contributed by atoms with Crippen molar-refractivity contribution in [2.75, 3.05) is 20.2 Å². The predicted octanol–water partition coefficient (Wildman–Crippen LogP) is 2.43. The molecular formula is C15H21IN4O2. The summed E-state index contributed by atoms with van der Waals surface area (Å²) in [5, 5.41) is 10.2. The standard InChI is InChI=1S/C15H20N4O2.HI/c1-16-15(18-12-13-8-11-21-19-13)17-9-5-10-20-14-6-3-2-4-7-14;/h2-4,6-8,11H,5,9-10,12H2,1H3,(H2,16,17,18);1H. The Morgan fingerprint density at radius 2 is 2.05 bits per heavy atom. The van der Waals surface area contributed by atoms with E-state index in [1.54, 1.807) is 13.3 Å². The van der Waals surface area contributed by atoms with E-state index in [0.29, 0.717) is 13.2 Å². The van der Waals surface area contributed by atoms with Crippen LogP contribution in [0.4, 0.5) is 0 Å². The van der Waals surface area contributed by atoms with Gasteiger partial charge in [-0.05, 0) is 18.6 Å². The van der Waals surface area contributed by atoms with Gasteiger partial charge < -0.3 is 19.9 Å². The number of guanidine groups is 1. The molecule has 120 valence electrons. The highest BCUT2D eigenvalue weighted by molar-refractivity contribution is 14.0. The van der Waals surface area contributed by atoms with Gasteiger partial charge in [-0.3, -0.25) is 4.99 Å². The van der Waals surface area contributed by atoms with Gasteiger partial charge in [-0.1, -0.05) is 23.4 Å². The molecule has 0 fully saturated rings. The SMILES string of the molecule is CN=C(NCCCOc1ccccc1)NCc1ccon1.I. The molecule has 0 spiro atoms. The summed E-state index contributed by atoms with van der Waals surface area (Å²) >= 11 is 0. The molecule has 7 heteroatoms. The number of aromatic nitrogens is 1. The zero-order valence-corrected chi connectivity index (χ0v) is 14.8. The van der Waals surface area contributed by atoms with E-state index in [4.69, 9.17) is 9.26 Å². The van der Waals surface area contributed by atoms with Gasteiger partial charge in [-0.2, -0.15) is 0 Å². The maximum absolute atomic E-state index is 5.62. The predicted molar refractivity (Wildman–Crippen MR) is 96.7 cm³/mol. The maximum Gasteiger partial charge on any atom is 0.191 e. The number of ether oxygens (including phenoxy) is 1. The molecule has 0 aliphatic carbocycles. The molecule has 1 aromatic heterocycles. The number of rotatable bonds is 7. The van der Waals surface area contributed by atoms with Gasteiger partial charge in [-0.15, -0.1) is 24.0 Å². The van der Waals surface area contributed by atoms with E-state index < -0.39 is 0 Å². The molecule has 2 N–H and O–H groups in total. The fourth-order valence-electron chi connectivity index (χ4n) is 1.71. The summed E-state index contributed by atoms with van der Waals surface area (Å²) in [5.74, 6) is 1.63. The van der Waals surface area contributed by atoms with Gasteiger partial charge in [0.25, 0.3) is 0 Å². The average molecular weight is 416 g/mol. The minimum absolute atomic E-state index is 0. The topological polar surface area (TPSA) is 71.7 Å². The highest BCUT2D eigenvalue weighted by Crippen LogP contribution is 2.07. The number of nitrogens with zero attached hydrogens (tertiary/aromatic N) is 2. The van der Waals surface area contributed by atoms with Crippen molar-refractivity contribution in [2.24, 2.45) is 4.99 Å². The number of benzene rings is 1. The van der Waals surface area contributed by atoms with Gasteiger partial charge >= 0.3 is 0 Å². The lowest BCUT2D eigenvalue weighted by Crippen LogP contribution is -2.37. The highest BCUT2D eigenvalue weighted by atomic mass is 127. The summed E-state index contributed by atoms with van der Waals surface area (Å²) in [6, 6.07) is 11.6. The number of halogens is 1. The van der Waals surface area contributed by atoms with E-state index in [-0.39, 0.29) is 24.0 Å². The van der Waals surface area contributed by atoms with Crippen LogP contribution in [0.15, 0.2) is 52.2 Å². The van der Waals surface area contributed by atoms with Crippen molar-refractivity contribution in [3.05, 3.63) is 48.4 Å². The zero-order chi connectivity index (χ0) is 14.8. The van der Waals surface area contributed by atoms with E-state index in [1.807, 2.05) is 36.4 Å². The summed E-state index contributed by atoms with van der Waals surface area (Å²) in [6.45, 7) is 2.03. The molecular weight excluding hydrogens is 395 g/mol. The molecule has 1 aromatic carbocycles. The molecule has 0 atom stereocenters. The third-order valence-electron chi connectivity index (χ3n) is 2.78. The summed E-state index contributed by atoms with van der Waals surface area (Å²) in [5.41, 5.74) is 0.838. The van der Waals surface area contributed by atoms with E-state index in [1.165, 1.54) is 0 Å². The molecule has 0 saturated heterocycles. The van der Waals surface area contributed by atoms with Gasteiger partial charge in [0.05, 0.1) is 13.2 Å². The zero-order valence-electron chi connectivity index (χ0n) is 12.5. The van der Waals surface area contributed by atoms with Crippen LogP contribution in [0.5, 0.6) is 5.75 Å². The van der Waals surface area contributed by atoms with Crippen LogP contribution in [-0.2, 0) is 6.54 Å². The Labute approximate surface area is 147 Å². The summed E-state index contributed by atoms with van der Waals surface area (Å²) in [7, 11) is 1.73. The number of para-hydroxylation sites is 1. The van der Waals surface area contributed by atoms with Crippen molar-refractivity contribution in [3.8, 4) is 5.75 Å². The number of hydrogen-bond donors (Lipinski definition) is 2. The quantitative estimate of drug-likeness (QED) is 0.314. The van der Waals surface area contributed by atoms with Crippen LogP contribution >= 0.6 is 24.0 Å². The van der Waals surface area contributed by atoms with Crippen LogP contribution < -0.4 is 15.4 Å². The molecule has 1 heterocycles. The van der Waals surface area contributed by atoms with Gasteiger partial charge in [0.15, 0.2) is 5.96 Å². The van der Waals surface area contributed by atoms with E-state index in [9.17, 15) is 0 Å². The van der Waals surface area contributed by atoms with Crippen molar-refractivity contribution in [1.29, 1.82) is 0 Å². The van der Waals surface area contributed by atoms with Crippen LogP contribution in [0.3, 0.4) is 0 Å². The third kappa shape index (κ3) is 6.79. The second-order valence-corrected chi connectivity index (χ2v) is 4.36. The molecule has 0 unspecified atom stereocenters. The van der Waals surface area contributed by atoms with Crippen LogP contribution in [0.2, 0.25) is 0 Å². The lowest BCUT2D eigenvalue weighted by atomic mass is 10.3. The van der Waals surface area contributed by atoms with Gasteiger partial charge in [-0.25, -0.2) is 0 Å². The van der Waals surface area contributed by atoms with Crippen molar-refractivity contribution >= 4 is 29.9 Å². The number of hydrogen-bond acceptors (Lipinski definition) is 4. The summed E-state index contributed by atoms with van der Waals surface area (Å²) in [6.07, 6.45) is 2.44. The normalized spacial score (nSPS) is 10.7. The Morgan fingerprint density at radius 1 is 1.23 bits per heavy atom. The van der Waals surface area contributed by atoms with Crippen molar-refractivity contribution < 1.29 is 9.26 Å². The lowest BCUT2D eigenvalue weighted by Gasteiger charge is -2.11. The largest absolute Gasteiger partial charge is 0.494 e. The lowest BCUT2D eigenvalue weighted by molar-refractivity contribution is 0.311. The highest BCUT2D eigenvalue weighted by Gasteiger charge is 2.00. The molecule has 0 radical (unpaired) electrons. The fourth-order valence-corrected chi connectivity index (χ4v) is 1.71. The molecule has 0 bridgehead atoms. The smallest absolute Gasteiger partial charge is 0.191 e. The summed E-state index contributed by atoms with van der Waals surface area (Å²) < 4.78 is 10.4. The second kappa shape index (κ2) is 10.9. The molecule has 0 saturated carbocycles. The first-order valence-electron chi connectivity index (χ1n) is 6.90. The molecule has 2 aromatic rings. The molecule has 6 nitrogen and oxygen atoms in total. The Morgan fingerprint density at radius 3 is 2.73 bits per heavy atom. The molecule has 2 rings (SSSR count). The number of aliphatic imine (C=N–C) groups is 1. The molecule has 22 heavy (non-hydrogen) atoms. The van der Waals surface area contributed by atoms with Gasteiger partial charge in [0.2, 0.25) is 0 Å². The minimum atomic E-state index is 0. The fraction of sp³-hybridized carbons (Fsp3) is 0.333. The third-order valence-corrected chi connectivity index (χ3v) is 2.78. The van der Waals surface area contributed by atoms with Crippen LogP contribution in [0, 0.1) is 0 Å². The Bertz CT molecular complexity index is 532. The Kier molecular flexibility index (Phi) is 9.04. The number of nitrogens with one attached hydrogen (secondary N) is 2. The first-order valence-corrected chi connectivity index (χ1v) is 6.90. The Balaban J connectivity index is 0.00000242. The van der Waals surface area contributed by atoms with E-state index in [2.05, 4.69) is 20.8 Å². The average Bonchev–Trinajstić information content (AvgIpc) is 3.04. The van der Waals surface area contributed by atoms with E-state index >= 15 is 0 Å². The second-order valence-electron chi connectivity index (χ2n) is 4.36. The monoisotopic (exact) mass is 416 g/mol. The molecule has 0 aliphatic heterocycles. The van der Waals surface area contributed by atoms with Crippen LogP contribution in [0.25, 0.3) is 0 Å². The molecule has 0 amide bonds. The van der Waals surface area contributed by atoms with Crippen LogP contribution in [-0.4, -0.2) is 31.3 Å². The van der Waals surface area contributed by atoms with Crippen molar-refractivity contribution in [2.45, 2.75) is 13.0 Å². The first kappa shape index (κ1) is 18.3. The summed E-state index contributed by atoms with van der Waals surface area (Å²) in [4.78, 5) is 4.14. The maximum atomic E-state index is 5.62. The van der Waals surface area contributed by atoms with E-state index in [0.717, 1.165) is 30.4 Å². The molecule has 0 aliphatic rings. The van der Waals surface area contributed by atoms with Crippen molar-refractivity contribution in [1.82, 2.24) is 15.8 Å². The van der Waals surface area contributed by atoms with Crippen molar-refractivity contribution in [3.63, 3.8) is 0 Å². The first-order chi connectivity index (χ1) is 10.4. The van der Waals surface area contributed by atoms with Gasteiger partial charge in [0, 0.05) is 19.7 Å². The van der Waals surface area contributed by atoms with Crippen LogP contribution in [0.1, 0.15) is 12.1 Å². The minimum Gasteiger partial charge on any atom is -0.494 e. The Hall–Kier alpha value is -1.77.